The molecule has 0 bridgehead atoms. The highest BCUT2D eigenvalue weighted by molar-refractivity contribution is 7.91. The first-order valence-corrected chi connectivity index (χ1v) is 13.0. The molecule has 0 saturated carbocycles. The highest BCUT2D eigenvalue weighted by Gasteiger charge is 2.27. The van der Waals surface area contributed by atoms with Crippen LogP contribution in [-0.4, -0.2) is 24.5 Å². The number of carbonyl (C=O) groups is 1. The minimum atomic E-state index is -4.06. The average molecular weight is 533 g/mol. The molecule has 7 nitrogen and oxygen atoms in total. The third-order valence-corrected chi connectivity index (χ3v) is 7.99. The Morgan fingerprint density at radius 3 is 2.38 bits per heavy atom. The predicted molar refractivity (Wildman–Crippen MR) is 134 cm³/mol. The number of benzene rings is 3. The van der Waals surface area contributed by atoms with Crippen molar-refractivity contribution in [2.75, 3.05) is 5.32 Å². The molecule has 0 aliphatic carbocycles. The van der Waals surface area contributed by atoms with E-state index < -0.39 is 22.0 Å². The smallest absolute Gasteiger partial charge is 0.270 e. The van der Waals surface area contributed by atoms with Crippen LogP contribution in [-0.2, 0) is 10.0 Å². The molecule has 34 heavy (non-hydrogen) atoms. The maximum atomic E-state index is 13.2. The second-order valence-electron chi connectivity index (χ2n) is 7.33. The van der Waals surface area contributed by atoms with Gasteiger partial charge in [0.25, 0.3) is 15.9 Å². The van der Waals surface area contributed by atoms with Crippen molar-refractivity contribution in [3.05, 3.63) is 105 Å². The van der Waals surface area contributed by atoms with Gasteiger partial charge in [-0.25, -0.2) is 8.42 Å². The Balaban J connectivity index is 1.58. The number of nitrogens with one attached hydrogen (secondary N) is 2. The van der Waals surface area contributed by atoms with Gasteiger partial charge in [0.05, 0.1) is 16.6 Å². The standard InChI is InChI=1S/C23H18Cl2N4O3S2/c1-14-6-5-9-16(12-14)20(15-7-3-2-4-8-15)29-34(31,32)23-28-27-22(33-23)26-21(30)18-11-10-17(24)13-19(18)25/h2-13,20,29H,1H3,(H,26,27,30)/t20-/m0/s1. The molecular weight excluding hydrogens is 515 g/mol. The van der Waals surface area contributed by atoms with E-state index in [9.17, 15) is 13.2 Å². The molecular formula is C23H18Cl2N4O3S2. The molecule has 11 heteroatoms. The zero-order valence-electron chi connectivity index (χ0n) is 17.7. The number of rotatable bonds is 7. The van der Waals surface area contributed by atoms with Crippen molar-refractivity contribution in [2.45, 2.75) is 17.3 Å². The molecule has 0 unspecified atom stereocenters. The van der Waals surface area contributed by atoms with Gasteiger partial charge in [-0.3, -0.25) is 10.1 Å². The third kappa shape index (κ3) is 5.63. The molecule has 1 amide bonds. The molecule has 1 heterocycles. The maximum Gasteiger partial charge on any atom is 0.270 e. The summed E-state index contributed by atoms with van der Waals surface area (Å²) in [6.45, 7) is 1.94. The van der Waals surface area contributed by atoms with Gasteiger partial charge < -0.3 is 0 Å². The topological polar surface area (TPSA) is 101 Å². The van der Waals surface area contributed by atoms with Crippen molar-refractivity contribution < 1.29 is 13.2 Å². The van der Waals surface area contributed by atoms with Gasteiger partial charge in [-0.2, -0.15) is 4.72 Å². The lowest BCUT2D eigenvalue weighted by Gasteiger charge is -2.19. The number of aryl methyl sites for hydroxylation is 1. The predicted octanol–water partition coefficient (Wildman–Crippen LogP) is 5.47. The van der Waals surface area contributed by atoms with Gasteiger partial charge in [0.1, 0.15) is 0 Å². The fourth-order valence-corrected chi connectivity index (χ4v) is 5.85. The SMILES string of the molecule is Cc1cccc([C@@H](NS(=O)(=O)c2nnc(NC(=O)c3ccc(Cl)cc3Cl)s2)c2ccccc2)c1. The number of hydrogen-bond acceptors (Lipinski definition) is 6. The molecule has 174 valence electrons. The fourth-order valence-electron chi connectivity index (χ4n) is 3.24. The molecule has 0 fully saturated rings. The van der Waals surface area contributed by atoms with Crippen LogP contribution in [0, 0.1) is 6.92 Å². The number of nitrogens with zero attached hydrogens (tertiary/aromatic N) is 2. The fraction of sp³-hybridized carbons (Fsp3) is 0.0870. The van der Waals surface area contributed by atoms with Crippen LogP contribution >= 0.6 is 34.5 Å². The zero-order chi connectivity index (χ0) is 24.3. The first-order valence-electron chi connectivity index (χ1n) is 9.97. The van der Waals surface area contributed by atoms with Crippen LogP contribution in [0.5, 0.6) is 0 Å². The van der Waals surface area contributed by atoms with Crippen molar-refractivity contribution in [3.8, 4) is 0 Å². The van der Waals surface area contributed by atoms with Gasteiger partial charge in [0, 0.05) is 5.02 Å². The van der Waals surface area contributed by atoms with E-state index in [2.05, 4.69) is 20.2 Å². The highest BCUT2D eigenvalue weighted by atomic mass is 35.5. The Hall–Kier alpha value is -2.82. The van der Waals surface area contributed by atoms with E-state index in [1.807, 2.05) is 61.5 Å². The van der Waals surface area contributed by atoms with Crippen LogP contribution in [0.2, 0.25) is 10.0 Å². The summed E-state index contributed by atoms with van der Waals surface area (Å²) in [7, 11) is -4.06. The largest absolute Gasteiger partial charge is 0.296 e. The van der Waals surface area contributed by atoms with Crippen LogP contribution < -0.4 is 10.0 Å². The molecule has 1 aromatic heterocycles. The molecule has 4 rings (SSSR count). The second-order valence-corrected chi connectivity index (χ2v) is 11.0. The first kappa shape index (κ1) is 24.3. The van der Waals surface area contributed by atoms with E-state index in [0.29, 0.717) is 5.02 Å². The summed E-state index contributed by atoms with van der Waals surface area (Å²) in [6.07, 6.45) is 0. The molecule has 0 radical (unpaired) electrons. The van der Waals surface area contributed by atoms with Crippen molar-refractivity contribution in [2.24, 2.45) is 0 Å². The van der Waals surface area contributed by atoms with Crippen LogP contribution in [0.15, 0.2) is 77.1 Å². The summed E-state index contributed by atoms with van der Waals surface area (Å²) >= 11 is 12.7. The average Bonchev–Trinajstić information content (AvgIpc) is 3.27. The highest BCUT2D eigenvalue weighted by Crippen LogP contribution is 2.28. The van der Waals surface area contributed by atoms with Gasteiger partial charge >= 0.3 is 0 Å². The van der Waals surface area contributed by atoms with Gasteiger partial charge in [0.15, 0.2) is 0 Å². The lowest BCUT2D eigenvalue weighted by Crippen LogP contribution is -2.29. The Morgan fingerprint density at radius 1 is 0.941 bits per heavy atom. The van der Waals surface area contributed by atoms with Crippen LogP contribution in [0.25, 0.3) is 0 Å². The van der Waals surface area contributed by atoms with Crippen LogP contribution in [0.3, 0.4) is 0 Å². The van der Waals surface area contributed by atoms with E-state index in [1.165, 1.54) is 18.2 Å². The summed E-state index contributed by atoms with van der Waals surface area (Å²) in [5.41, 5.74) is 2.73. The molecule has 0 saturated heterocycles. The van der Waals surface area contributed by atoms with E-state index in [4.69, 9.17) is 23.2 Å². The summed E-state index contributed by atoms with van der Waals surface area (Å²) in [4.78, 5) is 12.5. The van der Waals surface area contributed by atoms with Crippen LogP contribution in [0.4, 0.5) is 5.13 Å². The van der Waals surface area contributed by atoms with Gasteiger partial charge in [-0.15, -0.1) is 10.2 Å². The summed E-state index contributed by atoms with van der Waals surface area (Å²) in [6, 6.07) is 20.6. The van der Waals surface area contributed by atoms with E-state index in [-0.39, 0.29) is 20.1 Å². The normalized spacial score (nSPS) is 12.3. The molecule has 3 aromatic carbocycles. The number of amides is 1. The number of aromatic nitrogens is 2. The third-order valence-electron chi connectivity index (χ3n) is 4.81. The van der Waals surface area contributed by atoms with Crippen molar-refractivity contribution >= 4 is 55.6 Å². The monoisotopic (exact) mass is 532 g/mol. The second kappa shape index (κ2) is 10.2. The minimum absolute atomic E-state index is 0.0169. The van der Waals surface area contributed by atoms with Gasteiger partial charge in [-0.05, 0) is 36.2 Å². The van der Waals surface area contributed by atoms with Crippen molar-refractivity contribution in [3.63, 3.8) is 0 Å². The molecule has 0 aliphatic rings. The lowest BCUT2D eigenvalue weighted by atomic mass is 9.98. The minimum Gasteiger partial charge on any atom is -0.296 e. The maximum absolute atomic E-state index is 13.2. The number of hydrogen-bond donors (Lipinski definition) is 2. The number of anilines is 1. The van der Waals surface area contributed by atoms with E-state index >= 15 is 0 Å². The molecule has 4 aromatic rings. The lowest BCUT2D eigenvalue weighted by molar-refractivity contribution is 0.102. The molecule has 0 aliphatic heterocycles. The van der Waals surface area contributed by atoms with Gasteiger partial charge in [0.2, 0.25) is 9.47 Å². The molecule has 2 N–H and O–H groups in total. The number of sulfonamides is 1. The zero-order valence-corrected chi connectivity index (χ0v) is 20.8. The first-order chi connectivity index (χ1) is 16.2. The Morgan fingerprint density at radius 2 is 1.68 bits per heavy atom. The quantitative estimate of drug-likeness (QED) is 0.307. The molecule has 0 spiro atoms. The number of carbonyl (C=O) groups excluding carboxylic acids is 1. The molecule has 1 atom stereocenters. The van der Waals surface area contributed by atoms with E-state index in [1.54, 1.807) is 0 Å². The number of halogens is 2. The summed E-state index contributed by atoms with van der Waals surface area (Å²) < 4.78 is 28.8. The van der Waals surface area contributed by atoms with Crippen LogP contribution in [0.1, 0.15) is 33.1 Å². The Bertz CT molecular complexity index is 1440. The van der Waals surface area contributed by atoms with Crippen molar-refractivity contribution in [1.82, 2.24) is 14.9 Å². The van der Waals surface area contributed by atoms with E-state index in [0.717, 1.165) is 28.0 Å². The van der Waals surface area contributed by atoms with Gasteiger partial charge in [-0.1, -0.05) is 94.7 Å². The Labute approximate surface area is 210 Å². The summed E-state index contributed by atoms with van der Waals surface area (Å²) in [5.74, 6) is -0.559. The van der Waals surface area contributed by atoms with Crippen molar-refractivity contribution in [1.29, 1.82) is 0 Å². The summed E-state index contributed by atoms with van der Waals surface area (Å²) in [5, 5.41) is 10.7. The Kier molecular flexibility index (Phi) is 7.30.